The number of hydrogen-bond donors (Lipinski definition) is 0. The van der Waals surface area contributed by atoms with Gasteiger partial charge in [-0.15, -0.1) is 0 Å². The summed E-state index contributed by atoms with van der Waals surface area (Å²) in [5, 5.41) is 0. The number of rotatable bonds is 3. The van der Waals surface area contributed by atoms with Crippen LogP contribution in [0.5, 0.6) is 5.75 Å². The van der Waals surface area contributed by atoms with Gasteiger partial charge in [-0.2, -0.15) is 0 Å². The first-order valence-electron chi connectivity index (χ1n) is 3.93. The minimum Gasteiger partial charge on any atom is -0.495 e. The fourth-order valence-corrected chi connectivity index (χ4v) is 1.07. The highest BCUT2D eigenvalue weighted by molar-refractivity contribution is 5.57. The number of ether oxygens (including phenoxy) is 1. The summed E-state index contributed by atoms with van der Waals surface area (Å²) in [5.74, 6) is 0.892. The highest BCUT2D eigenvalue weighted by atomic mass is 16.5. The van der Waals surface area contributed by atoms with E-state index >= 15 is 0 Å². The molecule has 0 aromatic heterocycles. The normalized spacial score (nSPS) is 9.58. The Labute approximate surface area is 73.8 Å². The molecule has 0 amide bonds. The molecule has 0 saturated heterocycles. The van der Waals surface area contributed by atoms with Crippen LogP contribution in [0.15, 0.2) is 24.3 Å². The molecule has 0 aliphatic heterocycles. The lowest BCUT2D eigenvalue weighted by Gasteiger charge is -2.19. The Bertz CT molecular complexity index is 247. The van der Waals surface area contributed by atoms with Crippen LogP contribution >= 0.6 is 0 Å². The molecule has 65 valence electrons. The summed E-state index contributed by atoms with van der Waals surface area (Å²) in [7, 11) is 3.67. The monoisotopic (exact) mass is 164 g/mol. The van der Waals surface area contributed by atoms with E-state index in [1.165, 1.54) is 0 Å². The predicted molar refractivity (Wildman–Crippen MR) is 51.6 cm³/mol. The van der Waals surface area contributed by atoms with Gasteiger partial charge in [-0.1, -0.05) is 12.1 Å². The third-order valence-corrected chi connectivity index (χ3v) is 1.83. The van der Waals surface area contributed by atoms with Crippen LogP contribution in [0.4, 0.5) is 5.69 Å². The van der Waals surface area contributed by atoms with Crippen LogP contribution in [-0.4, -0.2) is 20.7 Å². The average molecular weight is 164 g/mol. The molecule has 0 heterocycles. The summed E-state index contributed by atoms with van der Waals surface area (Å²) in [6.45, 7) is 4.54. The Morgan fingerprint density at radius 3 is 2.67 bits per heavy atom. The Hall–Kier alpha value is -1.18. The van der Waals surface area contributed by atoms with E-state index in [4.69, 9.17) is 4.74 Å². The molecule has 0 fully saturated rings. The molecule has 0 spiro atoms. The van der Waals surface area contributed by atoms with E-state index in [1.54, 1.807) is 7.11 Å². The summed E-state index contributed by atoms with van der Waals surface area (Å²) >= 11 is 0. The molecule has 1 aromatic carbocycles. The molecular formula is C10H14NO. The van der Waals surface area contributed by atoms with Gasteiger partial charge < -0.3 is 9.64 Å². The van der Waals surface area contributed by atoms with E-state index in [2.05, 4.69) is 6.92 Å². The van der Waals surface area contributed by atoms with Gasteiger partial charge in [0.1, 0.15) is 5.75 Å². The molecule has 1 aromatic rings. The Kier molecular flexibility index (Phi) is 2.97. The zero-order valence-electron chi connectivity index (χ0n) is 7.58. The van der Waals surface area contributed by atoms with E-state index in [0.717, 1.165) is 18.0 Å². The van der Waals surface area contributed by atoms with E-state index < -0.39 is 0 Å². The molecule has 0 saturated carbocycles. The molecule has 0 aliphatic rings. The van der Waals surface area contributed by atoms with Crippen LogP contribution in [0.2, 0.25) is 0 Å². The molecule has 0 unspecified atom stereocenters. The van der Waals surface area contributed by atoms with Crippen molar-refractivity contribution >= 4 is 5.69 Å². The average Bonchev–Trinajstić information content (AvgIpc) is 2.16. The van der Waals surface area contributed by atoms with E-state index in [0.29, 0.717) is 0 Å². The van der Waals surface area contributed by atoms with E-state index in [-0.39, 0.29) is 0 Å². The smallest absolute Gasteiger partial charge is 0.142 e. The second-order valence-corrected chi connectivity index (χ2v) is 2.59. The van der Waals surface area contributed by atoms with Gasteiger partial charge in [0.05, 0.1) is 12.8 Å². The first-order valence-corrected chi connectivity index (χ1v) is 3.93. The second-order valence-electron chi connectivity index (χ2n) is 2.59. The van der Waals surface area contributed by atoms with E-state index in [9.17, 15) is 0 Å². The molecule has 2 nitrogen and oxygen atoms in total. The molecule has 0 N–H and O–H groups in total. The van der Waals surface area contributed by atoms with Gasteiger partial charge in [0, 0.05) is 13.6 Å². The number of benzene rings is 1. The quantitative estimate of drug-likeness (QED) is 0.677. The fraction of sp³-hybridized carbons (Fsp3) is 0.300. The van der Waals surface area contributed by atoms with Gasteiger partial charge in [-0.05, 0) is 19.1 Å². The van der Waals surface area contributed by atoms with Crippen molar-refractivity contribution in [3.8, 4) is 5.75 Å². The molecule has 12 heavy (non-hydrogen) atoms. The standard InChI is InChI=1S/C10H14NO/c1-4-11(2)9-7-5-6-8-10(9)12-3/h5-8H,1,4H2,2-3H3. The number of anilines is 1. The van der Waals surface area contributed by atoms with Crippen molar-refractivity contribution < 1.29 is 4.74 Å². The summed E-state index contributed by atoms with van der Waals surface area (Å²) < 4.78 is 5.20. The van der Waals surface area contributed by atoms with Gasteiger partial charge in [-0.3, -0.25) is 0 Å². The molecule has 1 radical (unpaired) electrons. The van der Waals surface area contributed by atoms with Crippen molar-refractivity contribution in [2.75, 3.05) is 25.6 Å². The van der Waals surface area contributed by atoms with Crippen molar-refractivity contribution in [3.05, 3.63) is 31.2 Å². The second kappa shape index (κ2) is 4.00. The number of hydrogen-bond acceptors (Lipinski definition) is 2. The lowest BCUT2D eigenvalue weighted by Crippen LogP contribution is -2.16. The summed E-state index contributed by atoms with van der Waals surface area (Å²) in [6.07, 6.45) is 0. The van der Waals surface area contributed by atoms with Crippen molar-refractivity contribution in [1.29, 1.82) is 0 Å². The van der Waals surface area contributed by atoms with Crippen molar-refractivity contribution in [1.82, 2.24) is 0 Å². The van der Waals surface area contributed by atoms with Gasteiger partial charge in [-0.25, -0.2) is 0 Å². The Morgan fingerprint density at radius 2 is 2.08 bits per heavy atom. The van der Waals surface area contributed by atoms with E-state index in [1.807, 2.05) is 36.2 Å². The third-order valence-electron chi connectivity index (χ3n) is 1.83. The van der Waals surface area contributed by atoms with Crippen molar-refractivity contribution in [2.45, 2.75) is 0 Å². The summed E-state index contributed by atoms with van der Waals surface area (Å²) in [4.78, 5) is 2.04. The highest BCUT2D eigenvalue weighted by Crippen LogP contribution is 2.25. The summed E-state index contributed by atoms with van der Waals surface area (Å²) in [6, 6.07) is 7.91. The zero-order valence-corrected chi connectivity index (χ0v) is 7.58. The first-order chi connectivity index (χ1) is 5.79. The third kappa shape index (κ3) is 1.70. The Balaban J connectivity index is 2.96. The number of methoxy groups -OCH3 is 1. The largest absolute Gasteiger partial charge is 0.495 e. The molecular weight excluding hydrogens is 150 g/mol. The predicted octanol–water partition coefficient (Wildman–Crippen LogP) is 1.97. The van der Waals surface area contributed by atoms with Gasteiger partial charge >= 0.3 is 0 Å². The van der Waals surface area contributed by atoms with Gasteiger partial charge in [0.2, 0.25) is 0 Å². The van der Waals surface area contributed by atoms with Crippen LogP contribution in [0, 0.1) is 6.92 Å². The topological polar surface area (TPSA) is 12.5 Å². The maximum Gasteiger partial charge on any atom is 0.142 e. The van der Waals surface area contributed by atoms with Gasteiger partial charge in [0.15, 0.2) is 0 Å². The van der Waals surface area contributed by atoms with Crippen LogP contribution in [0.1, 0.15) is 0 Å². The minimum absolute atomic E-state index is 0.736. The number of para-hydroxylation sites is 2. The molecule has 0 atom stereocenters. The zero-order chi connectivity index (χ0) is 8.97. The van der Waals surface area contributed by atoms with Crippen LogP contribution in [-0.2, 0) is 0 Å². The minimum atomic E-state index is 0.736. The lowest BCUT2D eigenvalue weighted by molar-refractivity contribution is 0.415. The van der Waals surface area contributed by atoms with Crippen LogP contribution in [0.25, 0.3) is 0 Å². The SMILES string of the molecule is [CH2]CN(C)c1ccccc1OC. The van der Waals surface area contributed by atoms with Gasteiger partial charge in [0.25, 0.3) is 0 Å². The maximum atomic E-state index is 5.20. The lowest BCUT2D eigenvalue weighted by atomic mass is 10.2. The first kappa shape index (κ1) is 8.91. The molecule has 2 heteroatoms. The molecule has 1 rings (SSSR count). The highest BCUT2D eigenvalue weighted by Gasteiger charge is 2.03. The van der Waals surface area contributed by atoms with Crippen molar-refractivity contribution in [3.63, 3.8) is 0 Å². The van der Waals surface area contributed by atoms with Crippen LogP contribution < -0.4 is 9.64 Å². The van der Waals surface area contributed by atoms with Crippen LogP contribution in [0.3, 0.4) is 0 Å². The number of nitrogens with zero attached hydrogens (tertiary/aromatic N) is 1. The summed E-state index contributed by atoms with van der Waals surface area (Å²) in [5.41, 5.74) is 1.08. The van der Waals surface area contributed by atoms with Crippen molar-refractivity contribution in [2.24, 2.45) is 0 Å². The maximum absolute atomic E-state index is 5.20. The molecule has 0 aliphatic carbocycles. The molecule has 0 bridgehead atoms. The fourth-order valence-electron chi connectivity index (χ4n) is 1.07. The Morgan fingerprint density at radius 1 is 1.42 bits per heavy atom.